The third-order valence-corrected chi connectivity index (χ3v) is 1.22. The molecule has 8 heteroatoms. The maximum Gasteiger partial charge on any atom is 3.00 e. The van der Waals surface area contributed by atoms with Gasteiger partial charge in [-0.25, -0.2) is 0 Å². The van der Waals surface area contributed by atoms with Gasteiger partial charge in [-0.2, -0.15) is 0 Å². The molecular formula is C15H23O7Y. The van der Waals surface area contributed by atoms with Crippen LogP contribution < -0.4 is 0 Å². The molecule has 2 N–H and O–H groups in total. The van der Waals surface area contributed by atoms with Crippen LogP contribution in [0.4, 0.5) is 0 Å². The number of rotatable bonds is 6. The van der Waals surface area contributed by atoms with Crippen LogP contribution in [-0.2, 0) is 61.5 Å². The fourth-order valence-electron chi connectivity index (χ4n) is 0.859. The molecule has 0 unspecified atom stereocenters. The molecule has 0 bridgehead atoms. The molecule has 0 aliphatic carbocycles. The van der Waals surface area contributed by atoms with Crippen molar-refractivity contribution >= 4 is 34.7 Å². The van der Waals surface area contributed by atoms with Gasteiger partial charge in [0.1, 0.15) is 0 Å². The van der Waals surface area contributed by atoms with Gasteiger partial charge in [-0.1, -0.05) is 0 Å². The fraction of sp³-hybridized carbons (Fsp3) is 0.400. The molecule has 0 radical (unpaired) electrons. The van der Waals surface area contributed by atoms with Gasteiger partial charge in [0.15, 0.2) is 0 Å². The van der Waals surface area contributed by atoms with Crippen molar-refractivity contribution in [3.63, 3.8) is 0 Å². The Kier molecular flexibility index (Phi) is 30.0. The van der Waals surface area contributed by atoms with E-state index < -0.39 is 0 Å². The van der Waals surface area contributed by atoms with Crippen molar-refractivity contribution in [2.24, 2.45) is 0 Å². The summed E-state index contributed by atoms with van der Waals surface area (Å²) in [6, 6.07) is 0. The molecule has 23 heavy (non-hydrogen) atoms. The number of hydrogen-bond donors (Lipinski definition) is 0. The van der Waals surface area contributed by atoms with Gasteiger partial charge in [0.2, 0.25) is 0 Å². The van der Waals surface area contributed by atoms with E-state index in [-0.39, 0.29) is 72.9 Å². The first-order valence-corrected chi connectivity index (χ1v) is 5.96. The van der Waals surface area contributed by atoms with Crippen molar-refractivity contribution in [2.75, 3.05) is 0 Å². The smallest absolute Gasteiger partial charge is 0.412 e. The second-order valence-electron chi connectivity index (χ2n) is 4.10. The summed E-state index contributed by atoms with van der Waals surface area (Å²) in [5.74, 6) is -1.12. The number of Topliss-reactive ketones (excluding diaryl/α,β-unsaturated/α-hetero) is 6. The Labute approximate surface area is 162 Å². The number of carbonyl (C=O) groups is 6. The van der Waals surface area contributed by atoms with E-state index >= 15 is 0 Å². The number of carbonyl (C=O) groups excluding carboxylic acids is 6. The summed E-state index contributed by atoms with van der Waals surface area (Å²) in [5, 5.41) is 0. The van der Waals surface area contributed by atoms with Gasteiger partial charge < -0.3 is 34.2 Å². The largest absolute Gasteiger partial charge is 3.00 e. The summed E-state index contributed by atoms with van der Waals surface area (Å²) in [6.45, 7) is 8.09. The molecule has 128 valence electrons. The first kappa shape index (κ1) is 33.3. The minimum Gasteiger partial charge on any atom is -0.412 e. The summed E-state index contributed by atoms with van der Waals surface area (Å²) < 4.78 is 0. The maximum absolute atomic E-state index is 9.98. The van der Waals surface area contributed by atoms with Crippen LogP contribution in [0.3, 0.4) is 0 Å². The van der Waals surface area contributed by atoms with E-state index in [0.717, 1.165) is 19.3 Å². The molecule has 0 aliphatic rings. The third kappa shape index (κ3) is 63.2. The molecule has 0 saturated heterocycles. The molecule has 0 atom stereocenters. The van der Waals surface area contributed by atoms with Crippen molar-refractivity contribution in [1.82, 2.24) is 0 Å². The molecule has 0 spiro atoms. The first-order valence-electron chi connectivity index (χ1n) is 5.96. The summed E-state index contributed by atoms with van der Waals surface area (Å²) >= 11 is 0. The molecule has 0 heterocycles. The second-order valence-corrected chi connectivity index (χ2v) is 4.10. The third-order valence-electron chi connectivity index (χ3n) is 1.22. The average Bonchev–Trinajstić information content (AvgIpc) is 2.10. The molecule has 0 aliphatic heterocycles. The van der Waals surface area contributed by atoms with Crippen molar-refractivity contribution < 1.29 is 67.0 Å². The Morgan fingerprint density at radius 1 is 0.435 bits per heavy atom. The Balaban J connectivity index is -0.0000000675. The minimum atomic E-state index is -0.187. The molecule has 7 nitrogen and oxygen atoms in total. The van der Waals surface area contributed by atoms with Crippen LogP contribution in [0.25, 0.3) is 0 Å². The Morgan fingerprint density at radius 3 is 0.522 bits per heavy atom. The molecule has 0 rings (SSSR count). The number of ketones is 6. The first-order chi connectivity index (χ1) is 9.38. The van der Waals surface area contributed by atoms with Crippen LogP contribution >= 0.6 is 0 Å². The zero-order valence-electron chi connectivity index (χ0n) is 14.3. The molecule has 0 aromatic carbocycles. The van der Waals surface area contributed by atoms with Crippen LogP contribution in [0.15, 0.2) is 0 Å². The Morgan fingerprint density at radius 2 is 0.522 bits per heavy atom. The summed E-state index contributed by atoms with van der Waals surface area (Å²) in [6.07, 6.45) is 3.17. The van der Waals surface area contributed by atoms with E-state index in [2.05, 4.69) is 0 Å². The molecule has 0 aromatic heterocycles. The molecule has 0 aromatic rings. The minimum absolute atomic E-state index is 0. The van der Waals surface area contributed by atoms with E-state index in [4.69, 9.17) is 0 Å². The van der Waals surface area contributed by atoms with E-state index in [1.807, 2.05) is 0 Å². The van der Waals surface area contributed by atoms with E-state index in [9.17, 15) is 28.8 Å². The molecule has 0 amide bonds. The molecular weight excluding hydrogens is 381 g/mol. The zero-order chi connectivity index (χ0) is 17.6. The van der Waals surface area contributed by atoms with Gasteiger partial charge >= 0.3 is 32.7 Å². The van der Waals surface area contributed by atoms with Gasteiger partial charge in [-0.15, -0.1) is 0 Å². The van der Waals surface area contributed by atoms with Gasteiger partial charge in [-0.05, 0) is 41.5 Å². The predicted molar refractivity (Wildman–Crippen MR) is 80.6 cm³/mol. The normalized spacial score (nSPS) is 7.04. The quantitative estimate of drug-likeness (QED) is 0.461. The maximum atomic E-state index is 9.98. The average molecular weight is 404 g/mol. The van der Waals surface area contributed by atoms with Crippen molar-refractivity contribution in [2.45, 2.75) is 41.5 Å². The molecule has 0 saturated carbocycles. The summed E-state index contributed by atoms with van der Waals surface area (Å²) in [4.78, 5) is 59.9. The van der Waals surface area contributed by atoms with Crippen molar-refractivity contribution in [3.05, 3.63) is 19.3 Å². The van der Waals surface area contributed by atoms with E-state index in [0.29, 0.717) is 0 Å². The standard InChI is InChI=1S/3C5H7O2.H2O.Y/c3*1-4(6)3-5(2)7;;/h3*3H,1-2H3;1H2;/q3*-1;;+3. The van der Waals surface area contributed by atoms with Crippen molar-refractivity contribution in [3.8, 4) is 0 Å². The van der Waals surface area contributed by atoms with Crippen LogP contribution in [0.1, 0.15) is 41.5 Å². The number of hydrogen-bond acceptors (Lipinski definition) is 6. The fourth-order valence-corrected chi connectivity index (χ4v) is 0.859. The van der Waals surface area contributed by atoms with Gasteiger partial charge in [-0.3, -0.25) is 19.3 Å². The predicted octanol–water partition coefficient (Wildman–Crippen LogP) is 0.279. The van der Waals surface area contributed by atoms with Crippen LogP contribution in [-0.4, -0.2) is 40.2 Å². The SMILES string of the molecule is CC(=O)[CH-]C(C)=O.CC(=O)[CH-]C(C)=O.CC(=O)[CH-]C(C)=O.O.[Y+3]. The van der Waals surface area contributed by atoms with Crippen LogP contribution in [0.2, 0.25) is 0 Å². The topological polar surface area (TPSA) is 134 Å². The second kappa shape index (κ2) is 20.7. The van der Waals surface area contributed by atoms with E-state index in [1.54, 1.807) is 0 Å². The van der Waals surface area contributed by atoms with E-state index in [1.165, 1.54) is 41.5 Å². The van der Waals surface area contributed by atoms with Gasteiger partial charge in [0.25, 0.3) is 0 Å². The zero-order valence-corrected chi connectivity index (χ0v) is 17.1. The van der Waals surface area contributed by atoms with Gasteiger partial charge in [0.05, 0.1) is 0 Å². The van der Waals surface area contributed by atoms with Crippen LogP contribution in [0.5, 0.6) is 0 Å². The summed E-state index contributed by atoms with van der Waals surface area (Å²) in [7, 11) is 0. The van der Waals surface area contributed by atoms with Crippen LogP contribution in [0, 0.1) is 19.3 Å². The van der Waals surface area contributed by atoms with Crippen molar-refractivity contribution in [1.29, 1.82) is 0 Å². The molecule has 0 fully saturated rings. The summed E-state index contributed by atoms with van der Waals surface area (Å²) in [5.41, 5.74) is 0. The monoisotopic (exact) mass is 404 g/mol. The Hall–Kier alpha value is -1.31. The van der Waals surface area contributed by atoms with Gasteiger partial charge in [0, 0.05) is 34.7 Å². The Bertz CT molecular complexity index is 316.